The van der Waals surface area contributed by atoms with Gasteiger partial charge in [-0.3, -0.25) is 0 Å². The molecule has 0 aromatic heterocycles. The van der Waals surface area contributed by atoms with Crippen molar-refractivity contribution in [3.8, 4) is 0 Å². The number of sulfonamides is 1. The van der Waals surface area contributed by atoms with Crippen molar-refractivity contribution < 1.29 is 13.2 Å². The Morgan fingerprint density at radius 2 is 1.93 bits per heavy atom. The summed E-state index contributed by atoms with van der Waals surface area (Å²) in [5, 5.41) is 3.11. The summed E-state index contributed by atoms with van der Waals surface area (Å²) >= 11 is 0. The number of hydrogen-bond acceptors (Lipinski definition) is 4. The minimum atomic E-state index is -3.08. The minimum absolute atomic E-state index is 0. The van der Waals surface area contributed by atoms with E-state index < -0.39 is 10.0 Å². The molecule has 5 nitrogen and oxygen atoms in total. The van der Waals surface area contributed by atoms with Gasteiger partial charge in [0.05, 0.1) is 12.4 Å². The number of hydrogen-bond donors (Lipinski definition) is 1. The van der Waals surface area contributed by atoms with Crippen LogP contribution in [0, 0.1) is 0 Å². The summed E-state index contributed by atoms with van der Waals surface area (Å²) < 4.78 is 29.4. The van der Waals surface area contributed by atoms with Gasteiger partial charge in [0, 0.05) is 33.3 Å². The average Bonchev–Trinajstić information content (AvgIpc) is 2.16. The van der Waals surface area contributed by atoms with Crippen molar-refractivity contribution in [2.75, 3.05) is 45.6 Å². The van der Waals surface area contributed by atoms with Crippen LogP contribution in [-0.2, 0) is 14.8 Å². The third-order valence-electron chi connectivity index (χ3n) is 2.01. The zero-order chi connectivity index (χ0) is 9.73. The first-order valence-corrected chi connectivity index (χ1v) is 5.95. The molecule has 0 aromatic rings. The predicted molar refractivity (Wildman–Crippen MR) is 57.4 cm³/mol. The van der Waals surface area contributed by atoms with E-state index in [4.69, 9.17) is 4.74 Å². The van der Waals surface area contributed by atoms with Crippen molar-refractivity contribution in [3.63, 3.8) is 0 Å². The molecule has 0 aliphatic carbocycles. The van der Waals surface area contributed by atoms with E-state index >= 15 is 0 Å². The second-order valence-electron chi connectivity index (χ2n) is 2.96. The molecule has 7 heteroatoms. The number of piperazine rings is 1. The zero-order valence-electron chi connectivity index (χ0n) is 8.23. The molecule has 1 fully saturated rings. The molecule has 0 spiro atoms. The van der Waals surface area contributed by atoms with Gasteiger partial charge in [0.1, 0.15) is 0 Å². The first-order chi connectivity index (χ1) is 6.17. The molecule has 86 valence electrons. The molecule has 0 atom stereocenters. The van der Waals surface area contributed by atoms with Crippen molar-refractivity contribution in [2.45, 2.75) is 0 Å². The average molecular weight is 245 g/mol. The topological polar surface area (TPSA) is 58.6 Å². The Balaban J connectivity index is 0.00000169. The fraction of sp³-hybridized carbons (Fsp3) is 1.00. The van der Waals surface area contributed by atoms with Gasteiger partial charge in [-0.2, -0.15) is 4.31 Å². The van der Waals surface area contributed by atoms with E-state index in [0.717, 1.165) is 13.1 Å². The lowest BCUT2D eigenvalue weighted by Gasteiger charge is -2.26. The Labute approximate surface area is 91.3 Å². The largest absolute Gasteiger partial charge is 0.384 e. The van der Waals surface area contributed by atoms with Crippen LogP contribution in [0.25, 0.3) is 0 Å². The molecule has 0 bridgehead atoms. The summed E-state index contributed by atoms with van der Waals surface area (Å²) in [5.74, 6) is 0.0868. The lowest BCUT2D eigenvalue weighted by atomic mass is 10.4. The van der Waals surface area contributed by atoms with E-state index in [9.17, 15) is 8.42 Å². The van der Waals surface area contributed by atoms with E-state index in [-0.39, 0.29) is 24.8 Å². The maximum atomic E-state index is 11.6. The summed E-state index contributed by atoms with van der Waals surface area (Å²) in [7, 11) is -1.57. The molecule has 0 aromatic carbocycles. The fourth-order valence-corrected chi connectivity index (χ4v) is 2.61. The summed E-state index contributed by atoms with van der Waals surface area (Å²) in [4.78, 5) is 0. The van der Waals surface area contributed by atoms with Crippen LogP contribution in [-0.4, -0.2) is 58.4 Å². The molecule has 1 N–H and O–H groups in total. The number of nitrogens with one attached hydrogen (secondary N) is 1. The highest BCUT2D eigenvalue weighted by molar-refractivity contribution is 7.89. The van der Waals surface area contributed by atoms with Crippen molar-refractivity contribution in [1.82, 2.24) is 9.62 Å². The zero-order valence-corrected chi connectivity index (χ0v) is 9.86. The molecule has 1 aliphatic rings. The molecule has 0 saturated carbocycles. The van der Waals surface area contributed by atoms with E-state index in [1.807, 2.05) is 0 Å². The highest BCUT2D eigenvalue weighted by atomic mass is 35.5. The van der Waals surface area contributed by atoms with Gasteiger partial charge in [-0.1, -0.05) is 0 Å². The van der Waals surface area contributed by atoms with Crippen LogP contribution in [0.1, 0.15) is 0 Å². The molecule has 1 aliphatic heterocycles. The van der Waals surface area contributed by atoms with Crippen molar-refractivity contribution in [2.24, 2.45) is 0 Å². The number of nitrogens with zero attached hydrogens (tertiary/aromatic N) is 1. The van der Waals surface area contributed by atoms with Gasteiger partial charge in [-0.25, -0.2) is 8.42 Å². The predicted octanol–water partition coefficient (Wildman–Crippen LogP) is -0.710. The van der Waals surface area contributed by atoms with Crippen LogP contribution >= 0.6 is 12.4 Å². The molecular weight excluding hydrogens is 228 g/mol. The molecule has 0 amide bonds. The third kappa shape index (κ3) is 4.10. The van der Waals surface area contributed by atoms with Crippen LogP contribution in [0.5, 0.6) is 0 Å². The summed E-state index contributed by atoms with van der Waals surface area (Å²) in [5.41, 5.74) is 0. The highest BCUT2D eigenvalue weighted by Gasteiger charge is 2.22. The Kier molecular flexibility index (Phi) is 6.63. The number of rotatable bonds is 4. The number of halogens is 1. The molecule has 0 radical (unpaired) electrons. The molecule has 14 heavy (non-hydrogen) atoms. The first-order valence-electron chi connectivity index (χ1n) is 4.34. The van der Waals surface area contributed by atoms with E-state index in [1.165, 1.54) is 11.4 Å². The monoisotopic (exact) mass is 244 g/mol. The maximum Gasteiger partial charge on any atom is 0.216 e. The van der Waals surface area contributed by atoms with Gasteiger partial charge < -0.3 is 10.1 Å². The lowest BCUT2D eigenvalue weighted by molar-refractivity contribution is 0.215. The quantitative estimate of drug-likeness (QED) is 0.710. The first kappa shape index (κ1) is 14.1. The van der Waals surface area contributed by atoms with E-state index in [0.29, 0.717) is 13.1 Å². The van der Waals surface area contributed by atoms with Crippen LogP contribution in [0.15, 0.2) is 0 Å². The van der Waals surface area contributed by atoms with Crippen molar-refractivity contribution in [1.29, 1.82) is 0 Å². The van der Waals surface area contributed by atoms with Crippen molar-refractivity contribution >= 4 is 22.4 Å². The van der Waals surface area contributed by atoms with Gasteiger partial charge in [-0.15, -0.1) is 12.4 Å². The van der Waals surface area contributed by atoms with Gasteiger partial charge in [0.2, 0.25) is 10.0 Å². The SMILES string of the molecule is COCCS(=O)(=O)N1CCNCC1.Cl. The van der Waals surface area contributed by atoms with E-state index in [2.05, 4.69) is 5.32 Å². The second kappa shape index (κ2) is 6.58. The van der Waals surface area contributed by atoms with Crippen LogP contribution in [0.2, 0.25) is 0 Å². The smallest absolute Gasteiger partial charge is 0.216 e. The standard InChI is InChI=1S/C7H16N2O3S.ClH/c1-12-6-7-13(10,11)9-4-2-8-3-5-9;/h8H,2-7H2,1H3;1H. The summed E-state index contributed by atoms with van der Waals surface area (Å²) in [6.07, 6.45) is 0. The fourth-order valence-electron chi connectivity index (χ4n) is 1.24. The maximum absolute atomic E-state index is 11.6. The summed E-state index contributed by atoms with van der Waals surface area (Å²) in [6.45, 7) is 2.91. The van der Waals surface area contributed by atoms with Crippen LogP contribution < -0.4 is 5.32 Å². The molecule has 1 rings (SSSR count). The van der Waals surface area contributed by atoms with Gasteiger partial charge in [-0.05, 0) is 0 Å². The Hall–Kier alpha value is 0.120. The molecule has 1 heterocycles. The number of ether oxygens (including phenoxy) is 1. The lowest BCUT2D eigenvalue weighted by Crippen LogP contribution is -2.47. The number of methoxy groups -OCH3 is 1. The Morgan fingerprint density at radius 1 is 1.36 bits per heavy atom. The van der Waals surface area contributed by atoms with Gasteiger partial charge in [0.15, 0.2) is 0 Å². The van der Waals surface area contributed by atoms with Crippen LogP contribution in [0.3, 0.4) is 0 Å². The summed E-state index contributed by atoms with van der Waals surface area (Å²) in [6, 6.07) is 0. The molecule has 1 saturated heterocycles. The molecular formula is C7H17ClN2O3S. The van der Waals surface area contributed by atoms with Crippen molar-refractivity contribution in [3.05, 3.63) is 0 Å². The third-order valence-corrected chi connectivity index (χ3v) is 3.85. The van der Waals surface area contributed by atoms with Gasteiger partial charge >= 0.3 is 0 Å². The van der Waals surface area contributed by atoms with E-state index in [1.54, 1.807) is 0 Å². The van der Waals surface area contributed by atoms with Gasteiger partial charge in [0.25, 0.3) is 0 Å². The van der Waals surface area contributed by atoms with Crippen LogP contribution in [0.4, 0.5) is 0 Å². The molecule has 0 unspecified atom stereocenters. The Bertz CT molecular complexity index is 239. The Morgan fingerprint density at radius 3 is 2.43 bits per heavy atom. The highest BCUT2D eigenvalue weighted by Crippen LogP contribution is 2.02. The minimum Gasteiger partial charge on any atom is -0.384 e. The normalized spacial score (nSPS) is 18.9. The second-order valence-corrected chi connectivity index (χ2v) is 5.05.